The van der Waals surface area contributed by atoms with Gasteiger partial charge in [0.15, 0.2) is 0 Å². The normalized spacial score (nSPS) is 16.1. The standard InChI is InChI=1S/C15H17FN2S/c16-12-7-3-6-11(8-12)14-15(10-4-1-2-5-10)19-13(9-17)18-14/h3,6-8,10H,1-2,4-5,9,17H2. The zero-order valence-corrected chi connectivity index (χ0v) is 11.5. The summed E-state index contributed by atoms with van der Waals surface area (Å²) in [5.74, 6) is 0.369. The van der Waals surface area contributed by atoms with Crippen LogP contribution in [0.1, 0.15) is 41.5 Å². The number of aromatic nitrogens is 1. The Hall–Kier alpha value is -1.26. The van der Waals surface area contributed by atoms with Gasteiger partial charge in [-0.1, -0.05) is 25.0 Å². The molecule has 2 aromatic rings. The van der Waals surface area contributed by atoms with E-state index in [0.717, 1.165) is 16.3 Å². The zero-order chi connectivity index (χ0) is 13.2. The van der Waals surface area contributed by atoms with Crippen LogP contribution in [0.3, 0.4) is 0 Å². The molecule has 3 rings (SSSR count). The number of nitrogens with zero attached hydrogens (tertiary/aromatic N) is 1. The maximum atomic E-state index is 13.4. The van der Waals surface area contributed by atoms with Crippen molar-refractivity contribution in [1.82, 2.24) is 4.98 Å². The van der Waals surface area contributed by atoms with E-state index in [4.69, 9.17) is 5.73 Å². The fraction of sp³-hybridized carbons (Fsp3) is 0.400. The molecule has 1 aliphatic rings. The molecule has 4 heteroatoms. The van der Waals surface area contributed by atoms with Gasteiger partial charge in [-0.05, 0) is 30.9 Å². The fourth-order valence-corrected chi connectivity index (χ4v) is 3.91. The molecule has 0 spiro atoms. The highest BCUT2D eigenvalue weighted by molar-refractivity contribution is 7.12. The third-order valence-electron chi connectivity index (χ3n) is 3.70. The Morgan fingerprint density at radius 1 is 1.32 bits per heavy atom. The Bertz CT molecular complexity index is 573. The van der Waals surface area contributed by atoms with Gasteiger partial charge in [0, 0.05) is 17.0 Å². The molecule has 1 heterocycles. The van der Waals surface area contributed by atoms with Crippen LogP contribution in [0, 0.1) is 5.82 Å². The van der Waals surface area contributed by atoms with Gasteiger partial charge in [-0.3, -0.25) is 0 Å². The van der Waals surface area contributed by atoms with Gasteiger partial charge in [0.25, 0.3) is 0 Å². The van der Waals surface area contributed by atoms with Crippen molar-refractivity contribution in [3.05, 3.63) is 40.0 Å². The summed E-state index contributed by atoms with van der Waals surface area (Å²) >= 11 is 1.70. The molecule has 1 aromatic heterocycles. The maximum Gasteiger partial charge on any atom is 0.123 e. The smallest absolute Gasteiger partial charge is 0.123 e. The van der Waals surface area contributed by atoms with Crippen LogP contribution in [0.4, 0.5) is 4.39 Å². The number of rotatable bonds is 3. The molecule has 2 nitrogen and oxygen atoms in total. The Morgan fingerprint density at radius 3 is 2.79 bits per heavy atom. The highest BCUT2D eigenvalue weighted by atomic mass is 32.1. The van der Waals surface area contributed by atoms with Crippen molar-refractivity contribution in [2.24, 2.45) is 5.73 Å². The predicted molar refractivity (Wildman–Crippen MR) is 76.6 cm³/mol. The first-order valence-corrected chi connectivity index (χ1v) is 7.55. The molecule has 2 N–H and O–H groups in total. The van der Waals surface area contributed by atoms with Gasteiger partial charge in [-0.15, -0.1) is 11.3 Å². The highest BCUT2D eigenvalue weighted by Gasteiger charge is 2.24. The number of thiazole rings is 1. The molecule has 0 bridgehead atoms. The van der Waals surface area contributed by atoms with E-state index in [1.807, 2.05) is 6.07 Å². The van der Waals surface area contributed by atoms with Crippen molar-refractivity contribution < 1.29 is 4.39 Å². The van der Waals surface area contributed by atoms with Crippen LogP contribution >= 0.6 is 11.3 Å². The summed E-state index contributed by atoms with van der Waals surface area (Å²) in [7, 11) is 0. The quantitative estimate of drug-likeness (QED) is 0.918. The molecule has 0 atom stereocenters. The first-order chi connectivity index (χ1) is 9.28. The summed E-state index contributed by atoms with van der Waals surface area (Å²) < 4.78 is 13.4. The van der Waals surface area contributed by atoms with Gasteiger partial charge < -0.3 is 5.73 Å². The largest absolute Gasteiger partial charge is 0.325 e. The molecule has 0 unspecified atom stereocenters. The molecular weight excluding hydrogens is 259 g/mol. The van der Waals surface area contributed by atoms with Gasteiger partial charge >= 0.3 is 0 Å². The highest BCUT2D eigenvalue weighted by Crippen LogP contribution is 2.42. The summed E-state index contributed by atoms with van der Waals surface area (Å²) in [6.07, 6.45) is 5.00. The number of hydrogen-bond acceptors (Lipinski definition) is 3. The SMILES string of the molecule is NCc1nc(-c2cccc(F)c2)c(C2CCCC2)s1. The minimum Gasteiger partial charge on any atom is -0.325 e. The van der Waals surface area contributed by atoms with Gasteiger partial charge in [0.1, 0.15) is 10.8 Å². The van der Waals surface area contributed by atoms with Crippen molar-refractivity contribution >= 4 is 11.3 Å². The second-order valence-electron chi connectivity index (χ2n) is 5.02. The number of nitrogens with two attached hydrogens (primary N) is 1. The van der Waals surface area contributed by atoms with E-state index in [2.05, 4.69) is 4.98 Å². The molecule has 0 radical (unpaired) electrons. The molecule has 0 amide bonds. The van der Waals surface area contributed by atoms with Gasteiger partial charge in [0.2, 0.25) is 0 Å². The first kappa shape index (κ1) is 12.8. The van der Waals surface area contributed by atoms with Gasteiger partial charge in [0.05, 0.1) is 5.69 Å². The first-order valence-electron chi connectivity index (χ1n) is 6.73. The van der Waals surface area contributed by atoms with Gasteiger partial charge in [-0.25, -0.2) is 9.37 Å². The summed E-state index contributed by atoms with van der Waals surface area (Å²) in [6, 6.07) is 6.70. The van der Waals surface area contributed by atoms with Crippen LogP contribution in [0.15, 0.2) is 24.3 Å². The average molecular weight is 276 g/mol. The van der Waals surface area contributed by atoms with E-state index in [1.165, 1.54) is 36.6 Å². The topological polar surface area (TPSA) is 38.9 Å². The van der Waals surface area contributed by atoms with E-state index in [-0.39, 0.29) is 5.82 Å². The monoisotopic (exact) mass is 276 g/mol. The van der Waals surface area contributed by atoms with Crippen molar-refractivity contribution in [1.29, 1.82) is 0 Å². The van der Waals surface area contributed by atoms with Crippen LogP contribution in [0.25, 0.3) is 11.3 Å². The van der Waals surface area contributed by atoms with E-state index >= 15 is 0 Å². The van der Waals surface area contributed by atoms with E-state index in [9.17, 15) is 4.39 Å². The Kier molecular flexibility index (Phi) is 3.62. The van der Waals surface area contributed by atoms with Crippen molar-refractivity contribution in [2.75, 3.05) is 0 Å². The molecule has 19 heavy (non-hydrogen) atoms. The second-order valence-corrected chi connectivity index (χ2v) is 6.13. The average Bonchev–Trinajstić information content (AvgIpc) is 3.07. The molecule has 1 aromatic carbocycles. The van der Waals surface area contributed by atoms with Crippen LogP contribution in [-0.2, 0) is 6.54 Å². The van der Waals surface area contributed by atoms with Gasteiger partial charge in [-0.2, -0.15) is 0 Å². The lowest BCUT2D eigenvalue weighted by molar-refractivity contribution is 0.628. The molecule has 1 fully saturated rings. The Labute approximate surface area is 116 Å². The maximum absolute atomic E-state index is 13.4. The van der Waals surface area contributed by atoms with Crippen molar-refractivity contribution in [3.63, 3.8) is 0 Å². The van der Waals surface area contributed by atoms with Crippen LogP contribution in [0.5, 0.6) is 0 Å². The van der Waals surface area contributed by atoms with Crippen LogP contribution < -0.4 is 5.73 Å². The van der Waals surface area contributed by atoms with E-state index < -0.39 is 0 Å². The number of benzene rings is 1. The second kappa shape index (κ2) is 5.39. The minimum atomic E-state index is -0.211. The third-order valence-corrected chi connectivity index (χ3v) is 4.94. The third kappa shape index (κ3) is 2.55. The zero-order valence-electron chi connectivity index (χ0n) is 10.7. The molecule has 100 valence electrons. The Morgan fingerprint density at radius 2 is 2.11 bits per heavy atom. The minimum absolute atomic E-state index is 0.211. The number of halogens is 1. The van der Waals surface area contributed by atoms with Crippen molar-refractivity contribution in [3.8, 4) is 11.3 Å². The molecule has 1 aliphatic carbocycles. The van der Waals surface area contributed by atoms with Crippen LogP contribution in [0.2, 0.25) is 0 Å². The van der Waals surface area contributed by atoms with E-state index in [1.54, 1.807) is 23.5 Å². The summed E-state index contributed by atoms with van der Waals surface area (Å²) in [4.78, 5) is 5.91. The summed E-state index contributed by atoms with van der Waals surface area (Å²) in [5.41, 5.74) is 7.53. The summed E-state index contributed by atoms with van der Waals surface area (Å²) in [6.45, 7) is 0.458. The van der Waals surface area contributed by atoms with Crippen LogP contribution in [-0.4, -0.2) is 4.98 Å². The molecular formula is C15H17FN2S. The Balaban J connectivity index is 2.05. The lowest BCUT2D eigenvalue weighted by atomic mass is 10.0. The molecule has 1 saturated carbocycles. The van der Waals surface area contributed by atoms with E-state index in [0.29, 0.717) is 12.5 Å². The molecule has 0 aliphatic heterocycles. The lowest BCUT2D eigenvalue weighted by Crippen LogP contribution is -1.95. The molecule has 0 saturated heterocycles. The van der Waals surface area contributed by atoms with Crippen molar-refractivity contribution in [2.45, 2.75) is 38.1 Å². The number of hydrogen-bond donors (Lipinski definition) is 1. The fourth-order valence-electron chi connectivity index (χ4n) is 2.77. The predicted octanol–water partition coefficient (Wildman–Crippen LogP) is 4.07. The lowest BCUT2D eigenvalue weighted by Gasteiger charge is -2.08. The summed E-state index contributed by atoms with van der Waals surface area (Å²) in [5, 5.41) is 0.946.